The van der Waals surface area contributed by atoms with Crippen LogP contribution in [0, 0.1) is 0 Å². The summed E-state index contributed by atoms with van der Waals surface area (Å²) in [4.78, 5) is 0. The van der Waals surface area contributed by atoms with Crippen LogP contribution in [0.15, 0.2) is 196 Å². The van der Waals surface area contributed by atoms with Crippen molar-refractivity contribution in [3.63, 3.8) is 0 Å². The van der Waals surface area contributed by atoms with Gasteiger partial charge in [-0.25, -0.2) is 0 Å². The third-order valence-corrected chi connectivity index (χ3v) is 15.9. The van der Waals surface area contributed by atoms with Crippen LogP contribution >= 0.6 is 0 Å². The molecule has 22 heteroatoms. The first-order valence-corrected chi connectivity index (χ1v) is 31.2. The van der Waals surface area contributed by atoms with E-state index >= 15 is 0 Å². The van der Waals surface area contributed by atoms with E-state index in [1.54, 1.807) is 31.4 Å². The molecule has 20 atom stereocenters. The Morgan fingerprint density at radius 1 is 0.333 bits per heavy atom. The fraction of sp³-hybridized carbons (Fsp3) is 0.465. The van der Waals surface area contributed by atoms with E-state index < -0.39 is 123 Å². The molecule has 0 aromatic heterocycles. The fourth-order valence-corrected chi connectivity index (χ4v) is 11.3. The Balaban J connectivity index is 1.02. The van der Waals surface area contributed by atoms with Crippen LogP contribution in [0.5, 0.6) is 11.5 Å². The highest BCUT2D eigenvalue weighted by atomic mass is 16.8. The summed E-state index contributed by atoms with van der Waals surface area (Å²) in [5.74, 6) is 0.946. The SMILES string of the molecule is C=CCO[C@H]1[C@@H](O)[C@@H](COCc2ccccc2)O[C@@H](O[C@@H]2[C@H](OCC=C)[C@@H](O)[C@H](O[C@@H]3[C@H](OCC=C)[C@@H](O)[C@H](O[C@@H]4[C@H](OCC=C)[C@@H](O)[C@H](Oc5ccc(OC)cc5)O[C@@H]4COCc4ccccc4)O[C@@H]3COCc3ccccc3)O[C@@H]2COCc2ccccc2)[C@@H]1O. The van der Waals surface area contributed by atoms with Gasteiger partial charge in [0.2, 0.25) is 6.29 Å². The van der Waals surface area contributed by atoms with Crippen LogP contribution in [-0.4, -0.2) is 208 Å². The maximum absolute atomic E-state index is 12.8. The molecule has 4 aliphatic heterocycles. The third-order valence-electron chi connectivity index (χ3n) is 15.9. The number of hydrogen-bond donors (Lipinski definition) is 5. The molecule has 93 heavy (non-hydrogen) atoms. The lowest BCUT2D eigenvalue weighted by Gasteiger charge is -2.51. The summed E-state index contributed by atoms with van der Waals surface area (Å²) in [6, 6.07) is 44.6. The molecular weight excluding hydrogens is 1200 g/mol. The molecule has 9 rings (SSSR count). The summed E-state index contributed by atoms with van der Waals surface area (Å²) < 4.78 is 109. The van der Waals surface area contributed by atoms with Crippen molar-refractivity contribution in [2.24, 2.45) is 0 Å². The van der Waals surface area contributed by atoms with Crippen LogP contribution in [0.25, 0.3) is 0 Å². The van der Waals surface area contributed by atoms with E-state index in [4.69, 9.17) is 80.5 Å². The monoisotopic (exact) mass is 1290 g/mol. The molecule has 0 saturated carbocycles. The van der Waals surface area contributed by atoms with Gasteiger partial charge in [0.25, 0.3) is 0 Å². The van der Waals surface area contributed by atoms with Gasteiger partial charge in [-0.15, -0.1) is 26.3 Å². The lowest BCUT2D eigenvalue weighted by Crippen LogP contribution is -2.68. The highest BCUT2D eigenvalue weighted by molar-refractivity contribution is 5.31. The summed E-state index contributed by atoms with van der Waals surface area (Å²) in [7, 11) is 1.55. The van der Waals surface area contributed by atoms with Crippen molar-refractivity contribution in [1.82, 2.24) is 0 Å². The number of aliphatic hydroxyl groups is 5. The van der Waals surface area contributed by atoms with Gasteiger partial charge < -0.3 is 106 Å². The van der Waals surface area contributed by atoms with Gasteiger partial charge in [0, 0.05) is 0 Å². The minimum absolute atomic E-state index is 0.0357. The second kappa shape index (κ2) is 37.2. The molecule has 5 N–H and O–H groups in total. The Morgan fingerprint density at radius 2 is 0.613 bits per heavy atom. The molecule has 4 saturated heterocycles. The van der Waals surface area contributed by atoms with Gasteiger partial charge in [-0.1, -0.05) is 146 Å². The topological polar surface area (TPSA) is 258 Å². The van der Waals surface area contributed by atoms with Crippen molar-refractivity contribution in [2.75, 3.05) is 60.0 Å². The molecule has 0 unspecified atom stereocenters. The Morgan fingerprint density at radius 3 is 0.946 bits per heavy atom. The normalized spacial score (nSPS) is 31.2. The molecule has 0 radical (unpaired) electrons. The van der Waals surface area contributed by atoms with E-state index in [1.807, 2.05) is 121 Å². The Hall–Kier alpha value is -6.14. The average Bonchev–Trinajstić information content (AvgIpc) is 0.821. The number of benzene rings is 5. The molecule has 0 bridgehead atoms. The Kier molecular flexibility index (Phi) is 28.5. The first kappa shape index (κ1) is 71.2. The molecule has 0 spiro atoms. The summed E-state index contributed by atoms with van der Waals surface area (Å²) in [6.07, 6.45) is -21.7. The van der Waals surface area contributed by atoms with E-state index in [2.05, 4.69) is 26.3 Å². The maximum Gasteiger partial charge on any atom is 0.229 e. The molecular formula is C71H88O22. The first-order valence-electron chi connectivity index (χ1n) is 31.2. The van der Waals surface area contributed by atoms with Crippen LogP contribution in [0.2, 0.25) is 0 Å². The zero-order chi connectivity index (χ0) is 65.3. The lowest BCUT2D eigenvalue weighted by molar-refractivity contribution is -0.392. The van der Waals surface area contributed by atoms with Crippen LogP contribution in [0.4, 0.5) is 0 Å². The van der Waals surface area contributed by atoms with Crippen LogP contribution < -0.4 is 9.47 Å². The van der Waals surface area contributed by atoms with Crippen molar-refractivity contribution in [1.29, 1.82) is 0 Å². The summed E-state index contributed by atoms with van der Waals surface area (Å²) >= 11 is 0. The molecule has 4 heterocycles. The van der Waals surface area contributed by atoms with E-state index in [0.717, 1.165) is 22.3 Å². The number of hydrogen-bond acceptors (Lipinski definition) is 22. The highest BCUT2D eigenvalue weighted by Gasteiger charge is 2.57. The van der Waals surface area contributed by atoms with Gasteiger partial charge in [0.1, 0.15) is 109 Å². The van der Waals surface area contributed by atoms with Crippen molar-refractivity contribution in [2.45, 2.75) is 149 Å². The molecule has 5 aromatic rings. The number of methoxy groups -OCH3 is 1. The Bertz CT molecular complexity index is 2930. The molecule has 4 aliphatic rings. The van der Waals surface area contributed by atoms with E-state index in [9.17, 15) is 25.5 Å². The zero-order valence-corrected chi connectivity index (χ0v) is 52.2. The van der Waals surface area contributed by atoms with Gasteiger partial charge in [-0.05, 0) is 46.5 Å². The van der Waals surface area contributed by atoms with Crippen LogP contribution in [0.1, 0.15) is 22.3 Å². The summed E-state index contributed by atoms with van der Waals surface area (Å²) in [5.41, 5.74) is 3.43. The van der Waals surface area contributed by atoms with Crippen LogP contribution in [-0.2, 0) is 97.5 Å². The molecule has 22 nitrogen and oxygen atoms in total. The average molecular weight is 1290 g/mol. The number of ether oxygens (including phenoxy) is 17. The number of aliphatic hydroxyl groups excluding tert-OH is 5. The standard InChI is InChI=1S/C71H88O22/c1-6-34-82-64-56(72)52(42-78-38-46-22-14-10-15-23-46)87-69(57(64)73)91-62-54(44-80-40-48-26-18-12-19-27-48)89-71(59(75)66(62)84-36-8-3)93-63-55(45-81-41-49-28-20-13-21-29-49)90-70(60(76)67(63)85-37-9-4)92-61-53(43-79-39-47-24-16-11-17-25-47)88-68(58(74)65(61)83-35-7-2)86-51-32-30-50(77-5)31-33-51/h6-33,52-76H,1-4,34-45H2,5H3/t52-,53-,54-,55-,56+,57-,58-,59-,60-,61+,62+,63+,64+,65-,66-,67-,68-,69+,70+,71+/m1/s1. The minimum atomic E-state index is -1.73. The first-order chi connectivity index (χ1) is 45.5. The largest absolute Gasteiger partial charge is 0.497 e. The molecule has 504 valence electrons. The van der Waals surface area contributed by atoms with Crippen molar-refractivity contribution in [3.8, 4) is 11.5 Å². The molecule has 0 aliphatic carbocycles. The van der Waals surface area contributed by atoms with E-state index in [0.29, 0.717) is 11.5 Å². The zero-order valence-electron chi connectivity index (χ0n) is 52.2. The molecule has 4 fully saturated rings. The Labute approximate surface area is 543 Å². The van der Waals surface area contributed by atoms with Gasteiger partial charge in [-0.3, -0.25) is 0 Å². The maximum atomic E-state index is 12.8. The van der Waals surface area contributed by atoms with Crippen molar-refractivity contribution < 1.29 is 106 Å². The fourth-order valence-electron chi connectivity index (χ4n) is 11.3. The second-order valence-corrected chi connectivity index (χ2v) is 22.6. The minimum Gasteiger partial charge on any atom is -0.497 e. The smallest absolute Gasteiger partial charge is 0.229 e. The molecule has 0 amide bonds. The number of rotatable bonds is 37. The van der Waals surface area contributed by atoms with E-state index in [1.165, 1.54) is 24.3 Å². The van der Waals surface area contributed by atoms with Gasteiger partial charge in [0.05, 0.1) is 86.4 Å². The van der Waals surface area contributed by atoms with Crippen molar-refractivity contribution >= 4 is 0 Å². The lowest BCUT2D eigenvalue weighted by atomic mass is 9.95. The predicted octanol–water partition coefficient (Wildman–Crippen LogP) is 6.09. The molecule has 5 aromatic carbocycles. The van der Waals surface area contributed by atoms with Crippen molar-refractivity contribution in [3.05, 3.63) is 218 Å². The summed E-state index contributed by atoms with van der Waals surface area (Å²) in [5, 5.41) is 61.4. The van der Waals surface area contributed by atoms with E-state index in [-0.39, 0.29) is 79.3 Å². The highest BCUT2D eigenvalue weighted by Crippen LogP contribution is 2.38. The van der Waals surface area contributed by atoms with Gasteiger partial charge >= 0.3 is 0 Å². The quantitative estimate of drug-likeness (QED) is 0.0282. The van der Waals surface area contributed by atoms with Gasteiger partial charge in [-0.2, -0.15) is 0 Å². The predicted molar refractivity (Wildman–Crippen MR) is 337 cm³/mol. The van der Waals surface area contributed by atoms with Crippen LogP contribution in [0.3, 0.4) is 0 Å². The third kappa shape index (κ3) is 20.0. The van der Waals surface area contributed by atoms with Gasteiger partial charge in [0.15, 0.2) is 18.9 Å². The summed E-state index contributed by atoms with van der Waals surface area (Å²) in [6.45, 7) is 15.0. The second-order valence-electron chi connectivity index (χ2n) is 22.6.